The number of aliphatic imine (C=N–C) groups is 5. The van der Waals surface area contributed by atoms with Crippen LogP contribution in [0.2, 0.25) is 0 Å². The van der Waals surface area contributed by atoms with Crippen LogP contribution in [-0.2, 0) is 37.9 Å². The number of nitrogens with zero attached hydrogens (tertiary/aromatic N) is 5. The molecule has 0 spiro atoms. The SMILES string of the molecule is C=Cc1ccc(C=Nc2sc(N=C)c(C(=O)OCC)c2C(=O)OCC)s1.CCOC(=O)c1c(N)sc(N)c1C(=O)OCC.CCOC(=O)c1c(N)sc(N=Cc2cccs2)c1C(=O)OCC.CCOC(=O)c1c(N=Cc2cccs2)sc(N=Cc2cccs2)c1C(=O)OCC. The molecule has 0 aliphatic carbocycles. The van der Waals surface area contributed by atoms with Gasteiger partial charge in [-0.05, 0) is 109 Å². The molecule has 8 rings (SSSR count). The summed E-state index contributed by atoms with van der Waals surface area (Å²) in [4.78, 5) is 124. The molecule has 8 aromatic rings. The van der Waals surface area contributed by atoms with Gasteiger partial charge in [-0.15, -0.1) is 45.3 Å². The molecular formula is C63H66N8O16S8. The van der Waals surface area contributed by atoms with Crippen molar-refractivity contribution in [1.29, 1.82) is 0 Å². The summed E-state index contributed by atoms with van der Waals surface area (Å²) in [5, 5.41) is 7.93. The average Bonchev–Trinajstić information content (AvgIpc) is 1.67. The lowest BCUT2D eigenvalue weighted by atomic mass is 10.1. The lowest BCUT2D eigenvalue weighted by Gasteiger charge is -2.05. The molecule has 95 heavy (non-hydrogen) atoms. The molecule has 0 radical (unpaired) electrons. The molecular weight excluding hydrogens is 1380 g/mol. The average molecular weight is 1450 g/mol. The Balaban J connectivity index is 0.000000233. The van der Waals surface area contributed by atoms with Crippen molar-refractivity contribution in [2.45, 2.75) is 55.4 Å². The quantitative estimate of drug-likeness (QED) is 0.0257. The van der Waals surface area contributed by atoms with E-state index in [2.05, 4.69) is 38.3 Å². The van der Waals surface area contributed by atoms with E-state index in [0.29, 0.717) is 20.0 Å². The van der Waals surface area contributed by atoms with Gasteiger partial charge in [0.1, 0.15) is 84.5 Å². The zero-order valence-corrected chi connectivity index (χ0v) is 59.1. The predicted molar refractivity (Wildman–Crippen MR) is 384 cm³/mol. The maximum absolute atomic E-state index is 12.7. The van der Waals surface area contributed by atoms with Crippen molar-refractivity contribution in [3.05, 3.63) is 140 Å². The Hall–Kier alpha value is -9.15. The molecule has 0 atom stereocenters. The molecule has 0 saturated heterocycles. The maximum Gasteiger partial charge on any atom is 0.342 e. The molecule has 24 nitrogen and oxygen atoms in total. The molecule has 6 N–H and O–H groups in total. The molecule has 0 aliphatic rings. The number of hydrogen-bond acceptors (Lipinski definition) is 32. The zero-order valence-electron chi connectivity index (χ0n) is 52.6. The normalized spacial score (nSPS) is 10.8. The number of hydrogen-bond donors (Lipinski definition) is 3. The standard InChI is InChI=1S/C20H18N2O4S3.C18H18N2O4S2.C15H16N2O4S2.C10H14N2O4S/c1-3-25-19(23)15-16(20(24)26-4-2)18(22-12-14-8-6-10-28-14)29-17(15)21-11-13-7-5-9-27-13;1-5-11-8-9-12(25-11)10-20-16-14(18(22)24-7-3)13(15(19-4)26-16)17(21)23-6-2;1-3-20-14(18)10-11(15(19)21-4-2)13(23-12(10)16)17-8-9-6-5-7-22-9;1-3-15-9(13)5-6(10(14)16-4-2)8(12)17-7(5)11/h5-12H,3-4H2,1-2H3;5,8-10H,1,4,6-7H2,2-3H3;5-8H,3-4,16H2,1-2H3;3-4,11-12H2,1-2H3. The summed E-state index contributed by atoms with van der Waals surface area (Å²) in [6.07, 6.45) is 8.29. The van der Waals surface area contributed by atoms with Gasteiger partial charge in [-0.1, -0.05) is 76.2 Å². The van der Waals surface area contributed by atoms with Crippen LogP contribution in [0.3, 0.4) is 0 Å². The van der Waals surface area contributed by atoms with Gasteiger partial charge in [0.15, 0.2) is 0 Å². The number of nitrogens with two attached hydrogens (primary N) is 3. The minimum absolute atomic E-state index is 0.00667. The Morgan fingerprint density at radius 1 is 0.347 bits per heavy atom. The van der Waals surface area contributed by atoms with Crippen LogP contribution in [0.15, 0.2) is 96.2 Å². The number of esters is 8. The van der Waals surface area contributed by atoms with Crippen LogP contribution >= 0.6 is 90.7 Å². The molecule has 502 valence electrons. The van der Waals surface area contributed by atoms with E-state index in [0.717, 1.165) is 69.7 Å². The Labute approximate surface area is 578 Å². The Morgan fingerprint density at radius 3 is 0.884 bits per heavy atom. The predicted octanol–water partition coefficient (Wildman–Crippen LogP) is 15.4. The smallest absolute Gasteiger partial charge is 0.342 e. The van der Waals surface area contributed by atoms with Crippen molar-refractivity contribution in [1.82, 2.24) is 0 Å². The molecule has 32 heteroatoms. The van der Waals surface area contributed by atoms with Crippen molar-refractivity contribution >= 4 is 216 Å². The summed E-state index contributed by atoms with van der Waals surface area (Å²) in [5.74, 6) is -5.16. The van der Waals surface area contributed by atoms with Gasteiger partial charge in [0.2, 0.25) is 0 Å². The van der Waals surface area contributed by atoms with Crippen LogP contribution < -0.4 is 17.2 Å². The van der Waals surface area contributed by atoms with E-state index < -0.39 is 47.8 Å². The van der Waals surface area contributed by atoms with E-state index >= 15 is 0 Å². The second-order valence-electron chi connectivity index (χ2n) is 17.5. The largest absolute Gasteiger partial charge is 0.462 e. The first-order chi connectivity index (χ1) is 45.8. The number of anilines is 3. The highest BCUT2D eigenvalue weighted by Crippen LogP contribution is 2.45. The van der Waals surface area contributed by atoms with Gasteiger partial charge in [-0.25, -0.2) is 58.3 Å². The third kappa shape index (κ3) is 21.4. The molecule has 8 heterocycles. The van der Waals surface area contributed by atoms with E-state index in [1.165, 1.54) is 45.3 Å². The lowest BCUT2D eigenvalue weighted by molar-refractivity contribution is 0.0481. The van der Waals surface area contributed by atoms with Gasteiger partial charge >= 0.3 is 47.8 Å². The minimum atomic E-state index is -0.666. The summed E-state index contributed by atoms with van der Waals surface area (Å²) >= 11 is 10.3. The number of carbonyl (C=O) groups excluding carboxylic acids is 8. The van der Waals surface area contributed by atoms with Crippen molar-refractivity contribution in [2.75, 3.05) is 70.1 Å². The van der Waals surface area contributed by atoms with E-state index in [9.17, 15) is 38.4 Å². The number of ether oxygens (including phenoxy) is 8. The van der Waals surface area contributed by atoms with Crippen LogP contribution in [0.5, 0.6) is 0 Å². The minimum Gasteiger partial charge on any atom is -0.462 e. The second kappa shape index (κ2) is 39.5. The molecule has 0 amide bonds. The molecule has 0 saturated carbocycles. The third-order valence-electron chi connectivity index (χ3n) is 11.3. The van der Waals surface area contributed by atoms with Crippen LogP contribution in [0.25, 0.3) is 6.08 Å². The van der Waals surface area contributed by atoms with E-state index in [1.807, 2.05) is 64.7 Å². The Kier molecular flexibility index (Phi) is 31.9. The van der Waals surface area contributed by atoms with Gasteiger partial charge in [0.25, 0.3) is 0 Å². The summed E-state index contributed by atoms with van der Waals surface area (Å²) in [6, 6.07) is 15.2. The molecule has 0 aliphatic heterocycles. The first kappa shape index (κ1) is 76.6. The Morgan fingerprint density at radius 2 is 0.600 bits per heavy atom. The van der Waals surface area contributed by atoms with Crippen molar-refractivity contribution < 1.29 is 76.3 Å². The molecule has 0 fully saturated rings. The highest BCUT2D eigenvalue weighted by Gasteiger charge is 2.33. The molecule has 8 aromatic heterocycles. The van der Waals surface area contributed by atoms with E-state index in [1.54, 1.807) is 86.3 Å². The maximum atomic E-state index is 12.7. The lowest BCUT2D eigenvalue weighted by Crippen LogP contribution is -2.14. The topological polar surface area (TPSA) is 350 Å². The number of carbonyl (C=O) groups is 8. The number of nitrogen functional groups attached to an aromatic ring is 3. The van der Waals surface area contributed by atoms with Crippen molar-refractivity contribution in [3.63, 3.8) is 0 Å². The van der Waals surface area contributed by atoms with Gasteiger partial charge in [-0.2, -0.15) is 0 Å². The summed E-state index contributed by atoms with van der Waals surface area (Å²) in [7, 11) is 0. The van der Waals surface area contributed by atoms with Crippen molar-refractivity contribution in [2.24, 2.45) is 25.0 Å². The van der Waals surface area contributed by atoms with Crippen LogP contribution in [0.1, 0.15) is 163 Å². The van der Waals surface area contributed by atoms with E-state index in [4.69, 9.17) is 55.1 Å². The molecule has 0 unspecified atom stereocenters. The van der Waals surface area contributed by atoms with Gasteiger partial charge in [0.05, 0.1) is 52.9 Å². The van der Waals surface area contributed by atoms with Crippen LogP contribution in [-0.4, -0.2) is 132 Å². The monoisotopic (exact) mass is 1450 g/mol. The fraction of sp³-hybridized carbons (Fsp3) is 0.254. The van der Waals surface area contributed by atoms with Crippen LogP contribution in [0.4, 0.5) is 40.0 Å². The third-order valence-corrected chi connectivity index (χ3v) is 18.6. The van der Waals surface area contributed by atoms with Gasteiger partial charge in [-0.3, -0.25) is 4.99 Å². The summed E-state index contributed by atoms with van der Waals surface area (Å²) in [6.45, 7) is 22.1. The molecule has 0 bridgehead atoms. The highest BCUT2D eigenvalue weighted by atomic mass is 32.1. The fourth-order valence-corrected chi connectivity index (χ4v) is 13.6. The van der Waals surface area contributed by atoms with Crippen LogP contribution in [0, 0.1) is 0 Å². The zero-order chi connectivity index (χ0) is 69.6. The van der Waals surface area contributed by atoms with Gasteiger partial charge in [0, 0.05) is 49.2 Å². The first-order valence-corrected chi connectivity index (χ1v) is 35.3. The van der Waals surface area contributed by atoms with Gasteiger partial charge < -0.3 is 55.1 Å². The summed E-state index contributed by atoms with van der Waals surface area (Å²) < 4.78 is 40.1. The number of thiophene rings is 8. The van der Waals surface area contributed by atoms with E-state index in [-0.39, 0.29) is 117 Å². The molecule has 0 aromatic carbocycles. The Bertz CT molecular complexity index is 3940. The first-order valence-electron chi connectivity index (χ1n) is 28.6. The fourth-order valence-electron chi connectivity index (χ4n) is 7.50. The number of rotatable bonds is 26. The second-order valence-corrected chi connectivity index (χ2v) is 25.6. The van der Waals surface area contributed by atoms with Crippen molar-refractivity contribution in [3.8, 4) is 0 Å². The summed E-state index contributed by atoms with van der Waals surface area (Å²) in [5.41, 5.74) is 17.5. The highest BCUT2D eigenvalue weighted by molar-refractivity contribution is 7.22.